The molecule has 1 atom stereocenters. The molecule has 5 nitrogen and oxygen atoms in total. The number of aryl methyl sites for hydroxylation is 1. The standard InChI is InChI=1S/C17H24N4O/c1-3-15-11-16(21-20-15)12-19-17(22)18-10-9-13(2)14-7-5-4-6-8-14/h4-8,11,13H,3,9-10,12H2,1-2H3,(H,20,21)(H2,18,19,22). The third-order valence-corrected chi connectivity index (χ3v) is 3.72. The number of benzene rings is 1. The van der Waals surface area contributed by atoms with E-state index >= 15 is 0 Å². The number of hydrogen-bond donors (Lipinski definition) is 3. The molecule has 0 aliphatic carbocycles. The molecule has 3 N–H and O–H groups in total. The molecule has 22 heavy (non-hydrogen) atoms. The highest BCUT2D eigenvalue weighted by atomic mass is 16.2. The third-order valence-electron chi connectivity index (χ3n) is 3.72. The number of aromatic nitrogens is 2. The van der Waals surface area contributed by atoms with E-state index in [1.165, 1.54) is 5.56 Å². The molecule has 2 rings (SSSR count). The Morgan fingerprint density at radius 3 is 2.73 bits per heavy atom. The van der Waals surface area contributed by atoms with Gasteiger partial charge in [-0.3, -0.25) is 5.10 Å². The van der Waals surface area contributed by atoms with Crippen LogP contribution in [0.15, 0.2) is 36.4 Å². The maximum atomic E-state index is 11.8. The Bertz CT molecular complexity index is 579. The first-order valence-electron chi connectivity index (χ1n) is 7.78. The fourth-order valence-corrected chi connectivity index (χ4v) is 2.27. The largest absolute Gasteiger partial charge is 0.338 e. The summed E-state index contributed by atoms with van der Waals surface area (Å²) in [5, 5.41) is 12.8. The highest BCUT2D eigenvalue weighted by molar-refractivity contribution is 5.73. The monoisotopic (exact) mass is 300 g/mol. The molecule has 0 saturated carbocycles. The molecule has 1 unspecified atom stereocenters. The molecule has 2 aromatic rings. The zero-order valence-corrected chi connectivity index (χ0v) is 13.2. The highest BCUT2D eigenvalue weighted by Crippen LogP contribution is 2.17. The van der Waals surface area contributed by atoms with Gasteiger partial charge in [0.15, 0.2) is 0 Å². The van der Waals surface area contributed by atoms with Crippen molar-refractivity contribution in [3.8, 4) is 0 Å². The molecule has 0 aliphatic rings. The van der Waals surface area contributed by atoms with Crippen molar-refractivity contribution in [3.05, 3.63) is 53.3 Å². The van der Waals surface area contributed by atoms with E-state index in [4.69, 9.17) is 0 Å². The van der Waals surface area contributed by atoms with Crippen LogP contribution in [0.3, 0.4) is 0 Å². The van der Waals surface area contributed by atoms with Crippen molar-refractivity contribution in [3.63, 3.8) is 0 Å². The molecule has 1 aromatic carbocycles. The van der Waals surface area contributed by atoms with Crippen molar-refractivity contribution in [1.82, 2.24) is 20.8 Å². The van der Waals surface area contributed by atoms with Gasteiger partial charge in [-0.2, -0.15) is 5.10 Å². The summed E-state index contributed by atoms with van der Waals surface area (Å²) in [5.74, 6) is 0.432. The Balaban J connectivity index is 1.65. The van der Waals surface area contributed by atoms with Gasteiger partial charge in [0.1, 0.15) is 0 Å². The lowest BCUT2D eigenvalue weighted by Gasteiger charge is -2.12. The minimum Gasteiger partial charge on any atom is -0.338 e. The Kier molecular flexibility index (Phi) is 6.01. The molecule has 0 spiro atoms. The molecular weight excluding hydrogens is 276 g/mol. The number of nitrogens with one attached hydrogen (secondary N) is 3. The van der Waals surface area contributed by atoms with Crippen molar-refractivity contribution in [2.24, 2.45) is 0 Å². The first-order valence-corrected chi connectivity index (χ1v) is 7.78. The van der Waals surface area contributed by atoms with E-state index in [0.717, 1.165) is 24.2 Å². The fraction of sp³-hybridized carbons (Fsp3) is 0.412. The summed E-state index contributed by atoms with van der Waals surface area (Å²) >= 11 is 0. The highest BCUT2D eigenvalue weighted by Gasteiger charge is 2.06. The number of nitrogens with zero attached hydrogens (tertiary/aromatic N) is 1. The summed E-state index contributed by atoms with van der Waals surface area (Å²) in [7, 11) is 0. The van der Waals surface area contributed by atoms with Gasteiger partial charge in [0.2, 0.25) is 0 Å². The van der Waals surface area contributed by atoms with E-state index in [0.29, 0.717) is 19.0 Å². The minimum absolute atomic E-state index is 0.145. The van der Waals surface area contributed by atoms with E-state index in [1.54, 1.807) is 0 Å². The molecular formula is C17H24N4O. The van der Waals surface area contributed by atoms with Crippen LogP contribution in [0, 0.1) is 0 Å². The first-order chi connectivity index (χ1) is 10.7. The van der Waals surface area contributed by atoms with Crippen LogP contribution in [0.1, 0.15) is 43.1 Å². The van der Waals surface area contributed by atoms with Crippen LogP contribution >= 0.6 is 0 Å². The molecule has 0 saturated heterocycles. The van der Waals surface area contributed by atoms with E-state index < -0.39 is 0 Å². The molecule has 1 heterocycles. The van der Waals surface area contributed by atoms with Crippen molar-refractivity contribution < 1.29 is 4.79 Å². The van der Waals surface area contributed by atoms with Crippen molar-refractivity contribution in [1.29, 1.82) is 0 Å². The predicted molar refractivity (Wildman–Crippen MR) is 87.7 cm³/mol. The first kappa shape index (κ1) is 16.1. The molecule has 1 aromatic heterocycles. The van der Waals surface area contributed by atoms with E-state index in [2.05, 4.69) is 39.9 Å². The van der Waals surface area contributed by atoms with Gasteiger partial charge in [-0.25, -0.2) is 4.79 Å². The van der Waals surface area contributed by atoms with Gasteiger partial charge in [0.05, 0.1) is 17.9 Å². The average Bonchev–Trinajstić information content (AvgIpc) is 3.02. The summed E-state index contributed by atoms with van der Waals surface area (Å²) < 4.78 is 0. The fourth-order valence-electron chi connectivity index (χ4n) is 2.27. The number of hydrogen-bond acceptors (Lipinski definition) is 2. The molecule has 2 amide bonds. The van der Waals surface area contributed by atoms with Crippen LogP contribution in [0.5, 0.6) is 0 Å². The smallest absolute Gasteiger partial charge is 0.315 e. The lowest BCUT2D eigenvalue weighted by Crippen LogP contribution is -2.36. The normalized spacial score (nSPS) is 11.9. The SMILES string of the molecule is CCc1cc(CNC(=O)NCCC(C)c2ccccc2)[nH]n1. The summed E-state index contributed by atoms with van der Waals surface area (Å²) in [6.45, 7) is 5.35. The Morgan fingerprint density at radius 1 is 1.27 bits per heavy atom. The van der Waals surface area contributed by atoms with E-state index in [-0.39, 0.29) is 6.03 Å². The number of carbonyl (C=O) groups excluding carboxylic acids is 1. The van der Waals surface area contributed by atoms with E-state index in [9.17, 15) is 4.79 Å². The molecule has 5 heteroatoms. The van der Waals surface area contributed by atoms with Gasteiger partial charge >= 0.3 is 6.03 Å². The van der Waals surface area contributed by atoms with E-state index in [1.807, 2.05) is 31.2 Å². The Labute approximate surface area is 131 Å². The maximum absolute atomic E-state index is 11.8. The van der Waals surface area contributed by atoms with Crippen molar-refractivity contribution in [2.45, 2.75) is 39.2 Å². The average molecular weight is 300 g/mol. The number of amides is 2. The summed E-state index contributed by atoms with van der Waals surface area (Å²) in [6.07, 6.45) is 1.81. The lowest BCUT2D eigenvalue weighted by molar-refractivity contribution is 0.240. The number of carbonyl (C=O) groups is 1. The van der Waals surface area contributed by atoms with Crippen LogP contribution in [0.2, 0.25) is 0 Å². The molecule has 0 fully saturated rings. The lowest BCUT2D eigenvalue weighted by atomic mass is 9.98. The maximum Gasteiger partial charge on any atom is 0.315 e. The van der Waals surface area contributed by atoms with Gasteiger partial charge < -0.3 is 10.6 Å². The van der Waals surface area contributed by atoms with Gasteiger partial charge in [-0.15, -0.1) is 0 Å². The number of H-pyrrole nitrogens is 1. The second kappa shape index (κ2) is 8.22. The summed E-state index contributed by atoms with van der Waals surface area (Å²) in [4.78, 5) is 11.8. The van der Waals surface area contributed by atoms with Crippen LogP contribution in [0.25, 0.3) is 0 Å². The van der Waals surface area contributed by atoms with Crippen LogP contribution < -0.4 is 10.6 Å². The van der Waals surface area contributed by atoms with Gasteiger partial charge in [-0.1, -0.05) is 44.2 Å². The molecule has 0 bridgehead atoms. The summed E-state index contributed by atoms with van der Waals surface area (Å²) in [5.41, 5.74) is 3.23. The van der Waals surface area contributed by atoms with Crippen molar-refractivity contribution >= 4 is 6.03 Å². The molecule has 0 radical (unpaired) electrons. The van der Waals surface area contributed by atoms with Crippen molar-refractivity contribution in [2.75, 3.05) is 6.54 Å². The van der Waals surface area contributed by atoms with Gasteiger partial charge in [0, 0.05) is 6.54 Å². The zero-order chi connectivity index (χ0) is 15.8. The predicted octanol–water partition coefficient (Wildman–Crippen LogP) is 2.97. The van der Waals surface area contributed by atoms with Crippen LogP contribution in [-0.4, -0.2) is 22.8 Å². The van der Waals surface area contributed by atoms with Gasteiger partial charge in [-0.05, 0) is 30.4 Å². The topological polar surface area (TPSA) is 69.8 Å². The second-order valence-corrected chi connectivity index (χ2v) is 5.45. The van der Waals surface area contributed by atoms with Gasteiger partial charge in [0.25, 0.3) is 0 Å². The number of rotatable bonds is 7. The third kappa shape index (κ3) is 4.91. The Hall–Kier alpha value is -2.30. The Morgan fingerprint density at radius 2 is 2.05 bits per heavy atom. The number of urea groups is 1. The zero-order valence-electron chi connectivity index (χ0n) is 13.2. The molecule has 118 valence electrons. The second-order valence-electron chi connectivity index (χ2n) is 5.45. The number of aromatic amines is 1. The minimum atomic E-state index is -0.145. The van der Waals surface area contributed by atoms with Crippen LogP contribution in [-0.2, 0) is 13.0 Å². The quantitative estimate of drug-likeness (QED) is 0.735. The summed E-state index contributed by atoms with van der Waals surface area (Å²) in [6, 6.07) is 12.2. The molecule has 0 aliphatic heterocycles. The van der Waals surface area contributed by atoms with Crippen LogP contribution in [0.4, 0.5) is 4.79 Å².